The van der Waals surface area contributed by atoms with Crippen molar-refractivity contribution in [1.29, 1.82) is 0 Å². The van der Waals surface area contributed by atoms with Gasteiger partial charge in [-0.05, 0) is 103 Å². The Morgan fingerprint density at radius 2 is 0.841 bits per heavy atom. The first kappa shape index (κ1) is 66.2. The van der Waals surface area contributed by atoms with Crippen LogP contribution in [0.3, 0.4) is 0 Å². The van der Waals surface area contributed by atoms with Crippen molar-refractivity contribution in [3.8, 4) is 0 Å². The number of hydrogen-bond donors (Lipinski definition) is 1. The molecule has 0 aromatic heterocycles. The number of phosphoric ester groups is 1. The predicted octanol–water partition coefficient (Wildman–Crippen LogP) is 17.5. The monoisotopic (exact) mass is 983 g/mol. The third-order valence-electron chi connectivity index (χ3n) is 11.3. The summed E-state index contributed by atoms with van der Waals surface area (Å²) < 4.78 is 35.2. The number of carbonyl (C=O) groups is 1. The van der Waals surface area contributed by atoms with E-state index in [9.17, 15) is 14.3 Å². The summed E-state index contributed by atoms with van der Waals surface area (Å²) in [7, 11) is 1.63. The average Bonchev–Trinajstić information content (AvgIpc) is 3.31. The Balaban J connectivity index is 4.21. The number of esters is 1. The van der Waals surface area contributed by atoms with Crippen molar-refractivity contribution in [2.24, 2.45) is 0 Å². The zero-order chi connectivity index (χ0) is 50.5. The third-order valence-corrected chi connectivity index (χ3v) is 12.3. The molecule has 0 aromatic rings. The van der Waals surface area contributed by atoms with Gasteiger partial charge in [0.1, 0.15) is 19.3 Å². The Bertz CT molecular complexity index is 1470. The van der Waals surface area contributed by atoms with Crippen LogP contribution in [0.1, 0.15) is 206 Å². The second-order valence-corrected chi connectivity index (χ2v) is 20.7. The molecule has 0 fully saturated rings. The van der Waals surface area contributed by atoms with E-state index in [1.165, 1.54) is 89.9 Å². The number of allylic oxidation sites excluding steroid dienone is 18. The van der Waals surface area contributed by atoms with Crippen molar-refractivity contribution < 1.29 is 37.3 Å². The van der Waals surface area contributed by atoms with Gasteiger partial charge in [-0.25, -0.2) is 4.57 Å². The van der Waals surface area contributed by atoms with E-state index in [4.69, 9.17) is 18.5 Å². The van der Waals surface area contributed by atoms with Crippen LogP contribution in [-0.2, 0) is 27.9 Å². The van der Waals surface area contributed by atoms with Crippen LogP contribution >= 0.6 is 7.82 Å². The molecule has 8 nitrogen and oxygen atoms in total. The number of likely N-dealkylation sites (N-methyl/N-ethyl adjacent to an activating group) is 1. The minimum absolute atomic E-state index is 0.0746. The van der Waals surface area contributed by atoms with Gasteiger partial charge in [0.25, 0.3) is 0 Å². The normalized spacial score (nSPS) is 14.3. The molecule has 396 valence electrons. The van der Waals surface area contributed by atoms with Gasteiger partial charge in [-0.1, -0.05) is 207 Å². The van der Waals surface area contributed by atoms with Crippen LogP contribution in [0.5, 0.6) is 0 Å². The van der Waals surface area contributed by atoms with E-state index < -0.39 is 13.9 Å². The Hall–Kier alpha value is -2.84. The summed E-state index contributed by atoms with van der Waals surface area (Å²) in [6.07, 6.45) is 72.9. The van der Waals surface area contributed by atoms with Crippen molar-refractivity contribution in [3.63, 3.8) is 0 Å². The van der Waals surface area contributed by atoms with Gasteiger partial charge in [0, 0.05) is 13.0 Å². The minimum atomic E-state index is -4.30. The van der Waals surface area contributed by atoms with Crippen molar-refractivity contribution in [1.82, 2.24) is 0 Å². The Morgan fingerprint density at radius 1 is 0.464 bits per heavy atom. The first-order valence-electron chi connectivity index (χ1n) is 27.6. The molecule has 0 saturated carbocycles. The lowest BCUT2D eigenvalue weighted by Gasteiger charge is -2.24. The number of ether oxygens (including phenoxy) is 2. The summed E-state index contributed by atoms with van der Waals surface area (Å²) in [5.41, 5.74) is 0. The van der Waals surface area contributed by atoms with Gasteiger partial charge in [-0.15, -0.1) is 0 Å². The fourth-order valence-electron chi connectivity index (χ4n) is 7.09. The molecule has 0 spiro atoms. The highest BCUT2D eigenvalue weighted by atomic mass is 31.2. The number of rotatable bonds is 50. The second-order valence-electron chi connectivity index (χ2n) is 19.2. The molecule has 0 aliphatic heterocycles. The fraction of sp³-hybridized carbons (Fsp3) is 0.683. The van der Waals surface area contributed by atoms with E-state index in [1.807, 2.05) is 21.1 Å². The minimum Gasteiger partial charge on any atom is -0.457 e. The highest BCUT2D eigenvalue weighted by Crippen LogP contribution is 2.43. The molecule has 0 aliphatic carbocycles. The maximum absolute atomic E-state index is 12.8. The summed E-state index contributed by atoms with van der Waals surface area (Å²) in [6, 6.07) is 0. The van der Waals surface area contributed by atoms with Gasteiger partial charge < -0.3 is 18.9 Å². The molecule has 0 radical (unpaired) electrons. The number of quaternary nitrogens is 1. The quantitative estimate of drug-likeness (QED) is 0.0213. The van der Waals surface area contributed by atoms with Crippen molar-refractivity contribution in [3.05, 3.63) is 109 Å². The van der Waals surface area contributed by atoms with Crippen molar-refractivity contribution in [2.75, 3.05) is 54.1 Å². The Morgan fingerprint density at radius 3 is 1.26 bits per heavy atom. The lowest BCUT2D eigenvalue weighted by Crippen LogP contribution is -2.37. The molecule has 9 heteroatoms. The molecule has 0 amide bonds. The van der Waals surface area contributed by atoms with Crippen LogP contribution in [0.25, 0.3) is 0 Å². The lowest BCUT2D eigenvalue weighted by molar-refractivity contribution is -0.870. The van der Waals surface area contributed by atoms with E-state index in [0.717, 1.165) is 96.3 Å². The molecule has 0 saturated heterocycles. The first-order chi connectivity index (χ1) is 33.6. The molecule has 0 rings (SSSR count). The lowest BCUT2D eigenvalue weighted by atomic mass is 10.0. The van der Waals surface area contributed by atoms with Crippen LogP contribution in [0, 0.1) is 0 Å². The smallest absolute Gasteiger partial charge is 0.457 e. The molecule has 2 atom stereocenters. The number of hydrogen-bond acceptors (Lipinski definition) is 6. The highest BCUT2D eigenvalue weighted by molar-refractivity contribution is 7.47. The van der Waals surface area contributed by atoms with Gasteiger partial charge in [-0.3, -0.25) is 13.8 Å². The number of carbonyl (C=O) groups excluding carboxylic acids is 1. The standard InChI is InChI=1S/C60H104NO7P/c1-6-8-10-12-14-16-18-20-22-24-26-28-30-31-32-33-35-37-39-41-43-45-47-49-51-53-60(62)68-59(58-67-69(63,64)66-56-54-61(3,4)5)57-65-55-52-50-48-46-44-42-40-38-36-34-29-27-25-23-21-19-17-15-13-11-9-7-2/h9,11,15,17-18,20-21,23-24,26-27,29-31,36,38,42,44,59H,6-8,10,12-14,16,19,22,25,28,32-35,37,39-41,43,45-58H2,1-5H3/p+1/b11-9-,17-15-,20-18-,23-21-,26-24-,29-27-,31-30-,38-36-,44-42-. The molecular weight excluding hydrogens is 878 g/mol. The van der Waals surface area contributed by atoms with E-state index in [2.05, 4.69) is 123 Å². The van der Waals surface area contributed by atoms with E-state index >= 15 is 0 Å². The van der Waals surface area contributed by atoms with Crippen LogP contribution in [0.2, 0.25) is 0 Å². The topological polar surface area (TPSA) is 91.3 Å². The second kappa shape index (κ2) is 51.5. The number of unbranched alkanes of at least 4 members (excludes halogenated alkanes) is 18. The summed E-state index contributed by atoms with van der Waals surface area (Å²) in [5, 5.41) is 0. The maximum atomic E-state index is 12.8. The highest BCUT2D eigenvalue weighted by Gasteiger charge is 2.26. The summed E-state index contributed by atoms with van der Waals surface area (Å²) >= 11 is 0. The van der Waals surface area contributed by atoms with E-state index in [1.54, 1.807) is 0 Å². The van der Waals surface area contributed by atoms with Crippen LogP contribution < -0.4 is 0 Å². The molecule has 0 heterocycles. The van der Waals surface area contributed by atoms with Gasteiger partial charge in [0.2, 0.25) is 0 Å². The van der Waals surface area contributed by atoms with E-state index in [0.29, 0.717) is 24.1 Å². The first-order valence-corrected chi connectivity index (χ1v) is 29.1. The predicted molar refractivity (Wildman–Crippen MR) is 297 cm³/mol. The fourth-order valence-corrected chi connectivity index (χ4v) is 7.83. The zero-order valence-corrected chi connectivity index (χ0v) is 45.9. The molecule has 69 heavy (non-hydrogen) atoms. The summed E-state index contributed by atoms with van der Waals surface area (Å²) in [6.45, 7) is 5.39. The SMILES string of the molecule is CC/C=C\C/C=C\C/C=C\C/C=C\C/C=C\C/C=C\CCCCCOCC(COP(=O)(O)OCC[N+](C)(C)C)OC(=O)CCCCCCCCCCCC/C=C\C/C=C\C/C=C\CCCCCCC. The Labute approximate surface area is 425 Å². The Kier molecular flexibility index (Phi) is 49.4. The van der Waals surface area contributed by atoms with Gasteiger partial charge >= 0.3 is 13.8 Å². The molecule has 0 aromatic carbocycles. The summed E-state index contributed by atoms with van der Waals surface area (Å²) in [4.78, 5) is 23.1. The number of phosphoric acid groups is 1. The van der Waals surface area contributed by atoms with Crippen LogP contribution in [-0.4, -0.2) is 75.6 Å². The molecule has 0 bridgehead atoms. The van der Waals surface area contributed by atoms with Gasteiger partial charge in [0.05, 0.1) is 34.4 Å². The van der Waals surface area contributed by atoms with Crippen molar-refractivity contribution >= 4 is 13.8 Å². The summed E-state index contributed by atoms with van der Waals surface area (Å²) in [5.74, 6) is -0.333. The molecule has 2 unspecified atom stereocenters. The molecule has 0 aliphatic rings. The molecule has 1 N–H and O–H groups in total. The average molecular weight is 983 g/mol. The largest absolute Gasteiger partial charge is 0.472 e. The third kappa shape index (κ3) is 56.0. The molecular formula is C60H105NO7P+. The zero-order valence-electron chi connectivity index (χ0n) is 45.0. The van der Waals surface area contributed by atoms with Crippen LogP contribution in [0.4, 0.5) is 0 Å². The van der Waals surface area contributed by atoms with Crippen LogP contribution in [0.15, 0.2) is 109 Å². The van der Waals surface area contributed by atoms with Crippen molar-refractivity contribution in [2.45, 2.75) is 213 Å². The maximum Gasteiger partial charge on any atom is 0.472 e. The van der Waals surface area contributed by atoms with Gasteiger partial charge in [0.15, 0.2) is 0 Å². The van der Waals surface area contributed by atoms with E-state index in [-0.39, 0.29) is 25.8 Å². The van der Waals surface area contributed by atoms with Gasteiger partial charge in [-0.2, -0.15) is 0 Å². The number of nitrogens with zero attached hydrogens (tertiary/aromatic N) is 1.